The van der Waals surface area contributed by atoms with Crippen LogP contribution in [0.5, 0.6) is 0 Å². The SMILES string of the molecule is CN=C(NCCNc1ccc([N+](=O)[O-])cc1)NCCc1csc(C)n1. The molecule has 1 heterocycles. The maximum atomic E-state index is 10.6. The number of nitro benzene ring substituents is 1. The highest BCUT2D eigenvalue weighted by Crippen LogP contribution is 2.14. The van der Waals surface area contributed by atoms with Crippen LogP contribution in [0.1, 0.15) is 10.7 Å². The van der Waals surface area contributed by atoms with Crippen LogP contribution in [0.2, 0.25) is 0 Å². The number of aliphatic imine (C=N–C) groups is 1. The smallest absolute Gasteiger partial charge is 0.269 e. The molecule has 0 aliphatic heterocycles. The van der Waals surface area contributed by atoms with Crippen LogP contribution in [0.4, 0.5) is 11.4 Å². The van der Waals surface area contributed by atoms with Gasteiger partial charge in [0.2, 0.25) is 0 Å². The van der Waals surface area contributed by atoms with Crippen molar-refractivity contribution in [2.75, 3.05) is 32.0 Å². The van der Waals surface area contributed by atoms with Crippen molar-refractivity contribution in [3.63, 3.8) is 0 Å². The Morgan fingerprint density at radius 3 is 2.56 bits per heavy atom. The predicted molar refractivity (Wildman–Crippen MR) is 102 cm³/mol. The minimum absolute atomic E-state index is 0.0867. The van der Waals surface area contributed by atoms with Gasteiger partial charge in [-0.1, -0.05) is 0 Å². The normalized spacial score (nSPS) is 11.2. The molecule has 9 heteroatoms. The molecule has 0 bridgehead atoms. The predicted octanol–water partition coefficient (Wildman–Crippen LogP) is 2.18. The van der Waals surface area contributed by atoms with Crippen LogP contribution in [-0.4, -0.2) is 42.5 Å². The number of non-ortho nitro benzene ring substituents is 1. The van der Waals surface area contributed by atoms with Gasteiger partial charge in [-0.25, -0.2) is 4.98 Å². The molecule has 0 unspecified atom stereocenters. The van der Waals surface area contributed by atoms with Crippen LogP contribution in [-0.2, 0) is 6.42 Å². The van der Waals surface area contributed by atoms with Crippen LogP contribution >= 0.6 is 11.3 Å². The van der Waals surface area contributed by atoms with E-state index in [1.165, 1.54) is 12.1 Å². The Morgan fingerprint density at radius 2 is 1.96 bits per heavy atom. The zero-order valence-electron chi connectivity index (χ0n) is 14.3. The minimum Gasteiger partial charge on any atom is -0.383 e. The first-order valence-electron chi connectivity index (χ1n) is 7.92. The molecule has 0 saturated carbocycles. The van der Waals surface area contributed by atoms with Crippen molar-refractivity contribution in [1.29, 1.82) is 0 Å². The van der Waals surface area contributed by atoms with Gasteiger partial charge in [0.1, 0.15) is 0 Å². The molecule has 2 rings (SSSR count). The fraction of sp³-hybridized carbons (Fsp3) is 0.375. The number of nitrogens with zero attached hydrogens (tertiary/aromatic N) is 3. The number of hydrogen-bond acceptors (Lipinski definition) is 6. The molecular weight excluding hydrogens is 340 g/mol. The lowest BCUT2D eigenvalue weighted by atomic mass is 10.3. The van der Waals surface area contributed by atoms with Crippen molar-refractivity contribution in [3.05, 3.63) is 50.5 Å². The molecule has 2 aromatic rings. The van der Waals surface area contributed by atoms with E-state index >= 15 is 0 Å². The van der Waals surface area contributed by atoms with Gasteiger partial charge in [-0.2, -0.15) is 0 Å². The summed E-state index contributed by atoms with van der Waals surface area (Å²) in [5.41, 5.74) is 2.02. The van der Waals surface area contributed by atoms with Crippen molar-refractivity contribution < 1.29 is 4.92 Å². The highest BCUT2D eigenvalue weighted by atomic mass is 32.1. The third kappa shape index (κ3) is 6.38. The molecule has 0 spiro atoms. The summed E-state index contributed by atoms with van der Waals surface area (Å²) in [4.78, 5) is 18.8. The number of nitro groups is 1. The van der Waals surface area contributed by atoms with Crippen molar-refractivity contribution in [2.24, 2.45) is 4.99 Å². The number of hydrogen-bond donors (Lipinski definition) is 3. The Kier molecular flexibility index (Phi) is 7.15. The first-order chi connectivity index (χ1) is 12.1. The first kappa shape index (κ1) is 18.7. The lowest BCUT2D eigenvalue weighted by molar-refractivity contribution is -0.384. The van der Waals surface area contributed by atoms with Gasteiger partial charge in [0, 0.05) is 56.3 Å². The highest BCUT2D eigenvalue weighted by molar-refractivity contribution is 7.09. The number of aromatic nitrogens is 1. The van der Waals surface area contributed by atoms with E-state index in [0.29, 0.717) is 13.1 Å². The van der Waals surface area contributed by atoms with Crippen molar-refractivity contribution in [2.45, 2.75) is 13.3 Å². The van der Waals surface area contributed by atoms with E-state index in [0.717, 1.165) is 35.3 Å². The lowest BCUT2D eigenvalue weighted by Gasteiger charge is -2.12. The van der Waals surface area contributed by atoms with E-state index in [4.69, 9.17) is 0 Å². The number of nitrogens with one attached hydrogen (secondary N) is 3. The molecule has 0 atom stereocenters. The Labute approximate surface area is 150 Å². The molecule has 0 fully saturated rings. The molecule has 1 aromatic heterocycles. The molecule has 1 aromatic carbocycles. The van der Waals surface area contributed by atoms with Crippen molar-refractivity contribution in [1.82, 2.24) is 15.6 Å². The van der Waals surface area contributed by atoms with Gasteiger partial charge in [0.15, 0.2) is 5.96 Å². The molecule has 3 N–H and O–H groups in total. The summed E-state index contributed by atoms with van der Waals surface area (Å²) in [5, 5.41) is 23.4. The largest absolute Gasteiger partial charge is 0.383 e. The molecule has 0 saturated heterocycles. The van der Waals surface area contributed by atoms with Gasteiger partial charge in [-0.3, -0.25) is 15.1 Å². The second kappa shape index (κ2) is 9.58. The average molecular weight is 362 g/mol. The quantitative estimate of drug-likeness (QED) is 0.219. The van der Waals surface area contributed by atoms with Gasteiger partial charge >= 0.3 is 0 Å². The fourth-order valence-corrected chi connectivity index (χ4v) is 2.79. The van der Waals surface area contributed by atoms with E-state index in [-0.39, 0.29) is 5.69 Å². The second-order valence-electron chi connectivity index (χ2n) is 5.26. The summed E-state index contributed by atoms with van der Waals surface area (Å²) < 4.78 is 0. The third-order valence-electron chi connectivity index (χ3n) is 3.39. The van der Waals surface area contributed by atoms with Gasteiger partial charge in [-0.05, 0) is 19.1 Å². The molecule has 0 aliphatic rings. The van der Waals surface area contributed by atoms with Crippen LogP contribution in [0.3, 0.4) is 0 Å². The third-order valence-corrected chi connectivity index (χ3v) is 4.21. The summed E-state index contributed by atoms with van der Waals surface area (Å²) in [6, 6.07) is 6.36. The van der Waals surface area contributed by atoms with Crippen LogP contribution < -0.4 is 16.0 Å². The maximum absolute atomic E-state index is 10.6. The molecule has 0 amide bonds. The van der Waals surface area contributed by atoms with E-state index in [1.807, 2.05) is 6.92 Å². The summed E-state index contributed by atoms with van der Waals surface area (Å²) in [6.07, 6.45) is 0.853. The van der Waals surface area contributed by atoms with Gasteiger partial charge in [0.25, 0.3) is 5.69 Å². The van der Waals surface area contributed by atoms with Gasteiger partial charge < -0.3 is 16.0 Å². The van der Waals surface area contributed by atoms with Gasteiger partial charge in [0.05, 0.1) is 15.6 Å². The molecular formula is C16H22N6O2S. The number of guanidine groups is 1. The van der Waals surface area contributed by atoms with E-state index in [9.17, 15) is 10.1 Å². The fourth-order valence-electron chi connectivity index (χ4n) is 2.14. The van der Waals surface area contributed by atoms with Crippen LogP contribution in [0.25, 0.3) is 0 Å². The number of anilines is 1. The number of aryl methyl sites for hydroxylation is 1. The summed E-state index contributed by atoms with van der Waals surface area (Å²) in [6.45, 7) is 4.11. The average Bonchev–Trinajstić information content (AvgIpc) is 3.02. The minimum atomic E-state index is -0.409. The van der Waals surface area contributed by atoms with E-state index in [1.54, 1.807) is 30.5 Å². The Balaban J connectivity index is 1.64. The first-order valence-corrected chi connectivity index (χ1v) is 8.80. The van der Waals surface area contributed by atoms with Gasteiger partial charge in [-0.15, -0.1) is 11.3 Å². The van der Waals surface area contributed by atoms with Crippen LogP contribution in [0.15, 0.2) is 34.6 Å². The van der Waals surface area contributed by atoms with E-state index < -0.39 is 4.92 Å². The topological polar surface area (TPSA) is 104 Å². The number of rotatable bonds is 8. The van der Waals surface area contributed by atoms with Crippen molar-refractivity contribution >= 4 is 28.7 Å². The second-order valence-corrected chi connectivity index (χ2v) is 6.33. The number of benzene rings is 1. The molecule has 25 heavy (non-hydrogen) atoms. The van der Waals surface area contributed by atoms with Crippen LogP contribution in [0, 0.1) is 17.0 Å². The highest BCUT2D eigenvalue weighted by Gasteiger charge is 2.03. The summed E-state index contributed by atoms with van der Waals surface area (Å²) in [7, 11) is 1.73. The zero-order chi connectivity index (χ0) is 18.1. The lowest BCUT2D eigenvalue weighted by Crippen LogP contribution is -2.40. The Bertz CT molecular complexity index is 714. The van der Waals surface area contributed by atoms with E-state index in [2.05, 4.69) is 31.3 Å². The summed E-state index contributed by atoms with van der Waals surface area (Å²) >= 11 is 1.66. The molecule has 8 nitrogen and oxygen atoms in total. The number of thiazole rings is 1. The molecule has 0 radical (unpaired) electrons. The molecule has 0 aliphatic carbocycles. The zero-order valence-corrected chi connectivity index (χ0v) is 15.1. The standard InChI is InChI=1S/C16H22N6O2S/c1-12-21-14(11-25-12)7-8-19-16(17-2)20-10-9-18-13-3-5-15(6-4-13)22(23)24/h3-6,11,18H,7-10H2,1-2H3,(H2,17,19,20). The Hall–Kier alpha value is -2.68. The maximum Gasteiger partial charge on any atom is 0.269 e. The van der Waals surface area contributed by atoms with Crippen molar-refractivity contribution in [3.8, 4) is 0 Å². The summed E-state index contributed by atoms with van der Waals surface area (Å²) in [5.74, 6) is 0.734. The molecule has 134 valence electrons. The Morgan fingerprint density at radius 1 is 1.24 bits per heavy atom. The monoisotopic (exact) mass is 362 g/mol.